The van der Waals surface area contributed by atoms with Gasteiger partial charge in [-0.25, -0.2) is 13.2 Å². The molecule has 0 bridgehead atoms. The number of benzene rings is 2. The van der Waals surface area contributed by atoms with E-state index in [-0.39, 0.29) is 11.5 Å². The van der Waals surface area contributed by atoms with Gasteiger partial charge in [0.15, 0.2) is 17.5 Å². The monoisotopic (exact) mass is 348 g/mol. The molecule has 0 fully saturated rings. The first kappa shape index (κ1) is 17.0. The molecule has 0 saturated heterocycles. The van der Waals surface area contributed by atoms with E-state index < -0.39 is 23.4 Å². The summed E-state index contributed by atoms with van der Waals surface area (Å²) in [5.41, 5.74) is 1.80. The summed E-state index contributed by atoms with van der Waals surface area (Å²) in [4.78, 5) is 25.5. The summed E-state index contributed by atoms with van der Waals surface area (Å²) in [5.74, 6) is -5.28. The van der Waals surface area contributed by atoms with Gasteiger partial charge in [-0.2, -0.15) is 0 Å². The number of halogens is 3. The van der Waals surface area contributed by atoms with Gasteiger partial charge in [0.1, 0.15) is 0 Å². The lowest BCUT2D eigenvalue weighted by Crippen LogP contribution is -2.33. The molecule has 0 spiro atoms. The van der Waals surface area contributed by atoms with E-state index in [1.807, 2.05) is 0 Å². The number of aryl methyl sites for hydroxylation is 1. The standard InChI is InChI=1S/C18H15F3N2O2/c1-10(24)23-6-2-3-11-7-13(4-5-16(11)23)22-18(25)12-8-14(19)17(21)15(20)9-12/h4-5,7-9H,2-3,6H2,1H3,(H,22,25). The molecular formula is C18H15F3N2O2. The number of rotatable bonds is 2. The van der Waals surface area contributed by atoms with Crippen molar-refractivity contribution in [3.8, 4) is 0 Å². The van der Waals surface area contributed by atoms with E-state index >= 15 is 0 Å². The minimum absolute atomic E-state index is 0.0602. The molecule has 3 rings (SSSR count). The summed E-state index contributed by atoms with van der Waals surface area (Å²) in [7, 11) is 0. The fraction of sp³-hybridized carbons (Fsp3) is 0.222. The fourth-order valence-electron chi connectivity index (χ4n) is 2.89. The smallest absolute Gasteiger partial charge is 0.255 e. The molecule has 7 heteroatoms. The van der Waals surface area contributed by atoms with E-state index in [0.717, 1.165) is 24.1 Å². The molecule has 0 radical (unpaired) electrons. The molecule has 0 unspecified atom stereocenters. The molecule has 25 heavy (non-hydrogen) atoms. The highest BCUT2D eigenvalue weighted by Crippen LogP contribution is 2.30. The molecule has 0 aliphatic carbocycles. The van der Waals surface area contributed by atoms with E-state index in [2.05, 4.69) is 5.32 Å². The van der Waals surface area contributed by atoms with Gasteiger partial charge < -0.3 is 10.2 Å². The molecule has 2 aromatic rings. The summed E-state index contributed by atoms with van der Waals surface area (Å²) >= 11 is 0. The van der Waals surface area contributed by atoms with Crippen molar-refractivity contribution in [2.45, 2.75) is 19.8 Å². The Labute approximate surface area is 142 Å². The first-order chi connectivity index (χ1) is 11.9. The van der Waals surface area contributed by atoms with E-state index in [4.69, 9.17) is 0 Å². The normalized spacial score (nSPS) is 13.4. The Morgan fingerprint density at radius 2 is 1.76 bits per heavy atom. The first-order valence-corrected chi connectivity index (χ1v) is 7.73. The van der Waals surface area contributed by atoms with Gasteiger partial charge in [0.05, 0.1) is 0 Å². The molecule has 1 aliphatic rings. The fourth-order valence-corrected chi connectivity index (χ4v) is 2.89. The maximum absolute atomic E-state index is 13.3. The molecule has 0 saturated carbocycles. The number of hydrogen-bond donors (Lipinski definition) is 1. The van der Waals surface area contributed by atoms with Gasteiger partial charge in [0.25, 0.3) is 5.91 Å². The number of carbonyl (C=O) groups is 2. The number of fused-ring (bicyclic) bond motifs is 1. The summed E-state index contributed by atoms with van der Waals surface area (Å²) < 4.78 is 39.5. The van der Waals surface area contributed by atoms with Crippen LogP contribution in [0.15, 0.2) is 30.3 Å². The van der Waals surface area contributed by atoms with Gasteiger partial charge in [-0.05, 0) is 48.7 Å². The summed E-state index contributed by atoms with van der Waals surface area (Å²) in [5, 5.41) is 2.53. The maximum Gasteiger partial charge on any atom is 0.255 e. The molecule has 2 aromatic carbocycles. The quantitative estimate of drug-likeness (QED) is 0.842. The van der Waals surface area contributed by atoms with Crippen molar-refractivity contribution in [1.29, 1.82) is 0 Å². The summed E-state index contributed by atoms with van der Waals surface area (Å²) in [6, 6.07) is 6.33. The molecule has 0 aromatic heterocycles. The van der Waals surface area contributed by atoms with Gasteiger partial charge >= 0.3 is 0 Å². The second-order valence-electron chi connectivity index (χ2n) is 5.83. The molecule has 1 N–H and O–H groups in total. The Balaban J connectivity index is 1.84. The lowest BCUT2D eigenvalue weighted by Gasteiger charge is -2.29. The third kappa shape index (κ3) is 3.35. The average Bonchev–Trinajstić information content (AvgIpc) is 2.58. The van der Waals surface area contributed by atoms with Crippen molar-refractivity contribution in [3.05, 3.63) is 58.9 Å². The predicted molar refractivity (Wildman–Crippen MR) is 87.1 cm³/mol. The number of nitrogens with zero attached hydrogens (tertiary/aromatic N) is 1. The van der Waals surface area contributed by atoms with Crippen molar-refractivity contribution in [2.24, 2.45) is 0 Å². The summed E-state index contributed by atoms with van der Waals surface area (Å²) in [6.07, 6.45) is 1.56. The zero-order valence-electron chi connectivity index (χ0n) is 13.4. The Hall–Kier alpha value is -2.83. The van der Waals surface area contributed by atoms with E-state index in [0.29, 0.717) is 24.4 Å². The zero-order chi connectivity index (χ0) is 18.1. The molecule has 4 nitrogen and oxygen atoms in total. The molecule has 0 atom stereocenters. The van der Waals surface area contributed by atoms with Crippen LogP contribution in [0.1, 0.15) is 29.3 Å². The average molecular weight is 348 g/mol. The van der Waals surface area contributed by atoms with Gasteiger partial charge in [-0.15, -0.1) is 0 Å². The number of anilines is 2. The van der Waals surface area contributed by atoms with Crippen LogP contribution in [0.3, 0.4) is 0 Å². The highest BCUT2D eigenvalue weighted by molar-refractivity contribution is 6.04. The van der Waals surface area contributed by atoms with E-state index in [1.165, 1.54) is 6.92 Å². The highest BCUT2D eigenvalue weighted by Gasteiger charge is 2.21. The Morgan fingerprint density at radius 1 is 1.08 bits per heavy atom. The third-order valence-corrected chi connectivity index (χ3v) is 4.08. The number of nitrogens with one attached hydrogen (secondary N) is 1. The largest absolute Gasteiger partial charge is 0.322 e. The van der Waals surface area contributed by atoms with Crippen molar-refractivity contribution < 1.29 is 22.8 Å². The van der Waals surface area contributed by atoms with Crippen LogP contribution in [0.2, 0.25) is 0 Å². The molecule has 130 valence electrons. The first-order valence-electron chi connectivity index (χ1n) is 7.73. The van der Waals surface area contributed by atoms with E-state index in [1.54, 1.807) is 23.1 Å². The lowest BCUT2D eigenvalue weighted by atomic mass is 10.0. The van der Waals surface area contributed by atoms with Crippen LogP contribution in [0.5, 0.6) is 0 Å². The van der Waals surface area contributed by atoms with Gasteiger partial charge in [-0.3, -0.25) is 9.59 Å². The maximum atomic E-state index is 13.3. The van der Waals surface area contributed by atoms with Gasteiger partial charge in [-0.1, -0.05) is 0 Å². The Kier molecular flexibility index (Phi) is 4.48. The van der Waals surface area contributed by atoms with Crippen molar-refractivity contribution in [1.82, 2.24) is 0 Å². The number of amides is 2. The minimum Gasteiger partial charge on any atom is -0.322 e. The number of carbonyl (C=O) groups excluding carboxylic acids is 2. The summed E-state index contributed by atoms with van der Waals surface area (Å²) in [6.45, 7) is 2.13. The molecule has 2 amide bonds. The van der Waals surface area contributed by atoms with E-state index in [9.17, 15) is 22.8 Å². The zero-order valence-corrected chi connectivity index (χ0v) is 13.4. The minimum atomic E-state index is -1.62. The van der Waals surface area contributed by atoms with Crippen LogP contribution in [0.4, 0.5) is 24.5 Å². The van der Waals surface area contributed by atoms with Gasteiger partial charge in [0, 0.05) is 30.4 Å². The van der Waals surface area contributed by atoms with Crippen LogP contribution >= 0.6 is 0 Å². The van der Waals surface area contributed by atoms with Crippen LogP contribution < -0.4 is 10.2 Å². The Bertz CT molecular complexity index is 844. The third-order valence-electron chi connectivity index (χ3n) is 4.08. The van der Waals surface area contributed by atoms with Crippen LogP contribution in [-0.4, -0.2) is 18.4 Å². The van der Waals surface area contributed by atoms with Crippen molar-refractivity contribution in [2.75, 3.05) is 16.8 Å². The second kappa shape index (κ2) is 6.58. The van der Waals surface area contributed by atoms with Crippen LogP contribution in [-0.2, 0) is 11.2 Å². The van der Waals surface area contributed by atoms with Crippen molar-refractivity contribution >= 4 is 23.2 Å². The topological polar surface area (TPSA) is 49.4 Å². The SMILES string of the molecule is CC(=O)N1CCCc2cc(NC(=O)c3cc(F)c(F)c(F)c3)ccc21. The predicted octanol–water partition coefficient (Wildman–Crippen LogP) is 3.66. The lowest BCUT2D eigenvalue weighted by molar-refractivity contribution is -0.116. The second-order valence-corrected chi connectivity index (χ2v) is 5.83. The number of hydrogen-bond acceptors (Lipinski definition) is 2. The van der Waals surface area contributed by atoms with Gasteiger partial charge in [0.2, 0.25) is 5.91 Å². The molecular weight excluding hydrogens is 333 g/mol. The highest BCUT2D eigenvalue weighted by atomic mass is 19.2. The Morgan fingerprint density at radius 3 is 2.40 bits per heavy atom. The molecule has 1 aliphatic heterocycles. The molecule has 1 heterocycles. The van der Waals surface area contributed by atoms with Crippen LogP contribution in [0, 0.1) is 17.5 Å². The van der Waals surface area contributed by atoms with Crippen LogP contribution in [0.25, 0.3) is 0 Å². The van der Waals surface area contributed by atoms with Crippen molar-refractivity contribution in [3.63, 3.8) is 0 Å².